The van der Waals surface area contributed by atoms with Crippen molar-refractivity contribution in [3.05, 3.63) is 18.2 Å². The smallest absolute Gasteiger partial charge is 0.224 e. The number of nitrogens with zero attached hydrogens (tertiary/aromatic N) is 4. The highest BCUT2D eigenvalue weighted by molar-refractivity contribution is 5.80. The number of fused-ring (bicyclic) bond motifs is 1. The van der Waals surface area contributed by atoms with Gasteiger partial charge in [0.1, 0.15) is 5.82 Å². The fourth-order valence-electron chi connectivity index (χ4n) is 3.75. The molecule has 1 saturated carbocycles. The summed E-state index contributed by atoms with van der Waals surface area (Å²) in [4.78, 5) is 21.3. The van der Waals surface area contributed by atoms with Crippen LogP contribution in [0.3, 0.4) is 0 Å². The van der Waals surface area contributed by atoms with Crippen LogP contribution in [0.4, 0.5) is 0 Å². The summed E-state index contributed by atoms with van der Waals surface area (Å²) >= 11 is 0. The SMILES string of the molecule is Cn1ccnc1CN1CCC2C1CC(=O)N2CC1CC1. The minimum atomic E-state index is 0.372. The normalized spacial score (nSPS) is 30.2. The van der Waals surface area contributed by atoms with E-state index in [1.807, 2.05) is 19.4 Å². The molecule has 4 rings (SSSR count). The number of hydrogen-bond donors (Lipinski definition) is 0. The van der Waals surface area contributed by atoms with E-state index < -0.39 is 0 Å². The van der Waals surface area contributed by atoms with E-state index in [2.05, 4.69) is 19.4 Å². The maximum atomic E-state index is 12.2. The summed E-state index contributed by atoms with van der Waals surface area (Å²) in [7, 11) is 2.04. The lowest BCUT2D eigenvalue weighted by Gasteiger charge is -2.25. The molecule has 1 aromatic heterocycles. The molecule has 20 heavy (non-hydrogen) atoms. The molecule has 108 valence electrons. The monoisotopic (exact) mass is 274 g/mol. The van der Waals surface area contributed by atoms with Crippen molar-refractivity contribution in [1.82, 2.24) is 19.4 Å². The fraction of sp³-hybridized carbons (Fsp3) is 0.733. The third-order valence-electron chi connectivity index (χ3n) is 5.15. The van der Waals surface area contributed by atoms with Gasteiger partial charge in [-0.05, 0) is 25.2 Å². The standard InChI is InChI=1S/C15H22N4O/c1-17-7-5-16-14(17)10-18-6-4-12-13(18)8-15(20)19(12)9-11-2-3-11/h5,7,11-13H,2-4,6,8-10H2,1H3. The molecule has 3 aliphatic rings. The van der Waals surface area contributed by atoms with Crippen LogP contribution < -0.4 is 0 Å². The number of likely N-dealkylation sites (tertiary alicyclic amines) is 2. The number of amides is 1. The number of carbonyl (C=O) groups is 1. The summed E-state index contributed by atoms with van der Waals surface area (Å²) in [5.41, 5.74) is 0. The highest BCUT2D eigenvalue weighted by Gasteiger charge is 2.47. The molecule has 1 aliphatic carbocycles. The average molecular weight is 274 g/mol. The Balaban J connectivity index is 1.46. The predicted molar refractivity (Wildman–Crippen MR) is 74.9 cm³/mol. The largest absolute Gasteiger partial charge is 0.338 e. The Hall–Kier alpha value is -1.36. The van der Waals surface area contributed by atoms with Crippen LogP contribution in [0.25, 0.3) is 0 Å². The van der Waals surface area contributed by atoms with Crippen LogP contribution in [0.15, 0.2) is 12.4 Å². The Kier molecular flexibility index (Phi) is 2.84. The molecule has 2 atom stereocenters. The number of imidazole rings is 1. The van der Waals surface area contributed by atoms with Gasteiger partial charge >= 0.3 is 0 Å². The molecule has 3 fully saturated rings. The molecule has 0 spiro atoms. The van der Waals surface area contributed by atoms with Gasteiger partial charge in [0.15, 0.2) is 0 Å². The van der Waals surface area contributed by atoms with Gasteiger partial charge in [0.2, 0.25) is 5.91 Å². The van der Waals surface area contributed by atoms with Gasteiger partial charge in [0.05, 0.1) is 6.54 Å². The van der Waals surface area contributed by atoms with Crippen molar-refractivity contribution in [2.75, 3.05) is 13.1 Å². The lowest BCUT2D eigenvalue weighted by Crippen LogP contribution is -2.38. The Labute approximate surface area is 119 Å². The summed E-state index contributed by atoms with van der Waals surface area (Å²) in [5, 5.41) is 0. The van der Waals surface area contributed by atoms with Crippen molar-refractivity contribution < 1.29 is 4.79 Å². The highest BCUT2D eigenvalue weighted by Crippen LogP contribution is 2.37. The molecule has 1 amide bonds. The Morgan fingerprint density at radius 3 is 2.85 bits per heavy atom. The van der Waals surface area contributed by atoms with E-state index >= 15 is 0 Å². The Bertz CT molecular complexity index is 522. The molecule has 5 heteroatoms. The van der Waals surface area contributed by atoms with Gasteiger partial charge in [-0.2, -0.15) is 0 Å². The van der Waals surface area contributed by atoms with Gasteiger partial charge in [-0.25, -0.2) is 4.98 Å². The van der Waals surface area contributed by atoms with Crippen molar-refractivity contribution in [3.63, 3.8) is 0 Å². The zero-order chi connectivity index (χ0) is 13.7. The summed E-state index contributed by atoms with van der Waals surface area (Å²) in [5.74, 6) is 2.26. The minimum absolute atomic E-state index is 0.372. The van der Waals surface area contributed by atoms with Gasteiger partial charge in [-0.3, -0.25) is 9.69 Å². The van der Waals surface area contributed by atoms with Crippen LogP contribution in [-0.2, 0) is 18.4 Å². The number of rotatable bonds is 4. The first-order valence-corrected chi connectivity index (χ1v) is 7.72. The van der Waals surface area contributed by atoms with Gasteiger partial charge in [0.25, 0.3) is 0 Å². The van der Waals surface area contributed by atoms with Crippen molar-refractivity contribution in [2.45, 2.75) is 44.3 Å². The number of hydrogen-bond acceptors (Lipinski definition) is 3. The minimum Gasteiger partial charge on any atom is -0.338 e. The molecular formula is C15H22N4O. The third kappa shape index (κ3) is 2.04. The van der Waals surface area contributed by atoms with Gasteiger partial charge in [0, 0.05) is 51.0 Å². The van der Waals surface area contributed by atoms with Crippen LogP contribution in [0.1, 0.15) is 31.5 Å². The Morgan fingerprint density at radius 2 is 2.15 bits per heavy atom. The van der Waals surface area contributed by atoms with Crippen molar-refractivity contribution in [2.24, 2.45) is 13.0 Å². The van der Waals surface area contributed by atoms with Gasteiger partial charge in [-0.15, -0.1) is 0 Å². The first-order valence-electron chi connectivity index (χ1n) is 7.72. The first-order chi connectivity index (χ1) is 9.72. The van der Waals surface area contributed by atoms with Crippen molar-refractivity contribution in [3.8, 4) is 0 Å². The van der Waals surface area contributed by atoms with E-state index in [4.69, 9.17) is 0 Å². The molecular weight excluding hydrogens is 252 g/mol. The maximum absolute atomic E-state index is 12.2. The molecule has 0 bridgehead atoms. The lowest BCUT2D eigenvalue weighted by atomic mass is 10.1. The van der Waals surface area contributed by atoms with Crippen LogP contribution in [0.2, 0.25) is 0 Å². The molecule has 0 radical (unpaired) electrons. The van der Waals surface area contributed by atoms with Gasteiger partial charge in [-0.1, -0.05) is 0 Å². The third-order valence-corrected chi connectivity index (χ3v) is 5.15. The first kappa shape index (κ1) is 12.4. The molecule has 3 heterocycles. The molecule has 2 unspecified atom stereocenters. The van der Waals surface area contributed by atoms with E-state index in [9.17, 15) is 4.79 Å². The molecule has 0 aromatic carbocycles. The molecule has 1 aromatic rings. The zero-order valence-corrected chi connectivity index (χ0v) is 12.0. The molecule has 2 aliphatic heterocycles. The van der Waals surface area contributed by atoms with E-state index in [0.29, 0.717) is 24.4 Å². The van der Waals surface area contributed by atoms with E-state index in [0.717, 1.165) is 37.8 Å². The second-order valence-corrected chi connectivity index (χ2v) is 6.54. The summed E-state index contributed by atoms with van der Waals surface area (Å²) in [6.45, 7) is 2.97. The topological polar surface area (TPSA) is 41.4 Å². The molecule has 0 N–H and O–H groups in total. The summed E-state index contributed by atoms with van der Waals surface area (Å²) < 4.78 is 2.08. The number of aromatic nitrogens is 2. The molecule has 2 saturated heterocycles. The fourth-order valence-corrected chi connectivity index (χ4v) is 3.75. The van der Waals surface area contributed by atoms with Gasteiger partial charge < -0.3 is 9.47 Å². The van der Waals surface area contributed by atoms with Crippen molar-refractivity contribution in [1.29, 1.82) is 0 Å². The lowest BCUT2D eigenvalue weighted by molar-refractivity contribution is -0.129. The van der Waals surface area contributed by atoms with Crippen LogP contribution in [0, 0.1) is 5.92 Å². The second-order valence-electron chi connectivity index (χ2n) is 6.54. The predicted octanol–water partition coefficient (Wildman–Crippen LogP) is 1.01. The zero-order valence-electron chi connectivity index (χ0n) is 12.0. The number of carbonyl (C=O) groups excluding carboxylic acids is 1. The highest BCUT2D eigenvalue weighted by atomic mass is 16.2. The number of aryl methyl sites for hydroxylation is 1. The second kappa shape index (κ2) is 4.58. The Morgan fingerprint density at radius 1 is 1.30 bits per heavy atom. The van der Waals surface area contributed by atoms with Crippen LogP contribution in [-0.4, -0.2) is 50.4 Å². The van der Waals surface area contributed by atoms with Crippen LogP contribution in [0.5, 0.6) is 0 Å². The van der Waals surface area contributed by atoms with E-state index in [1.54, 1.807) is 0 Å². The van der Waals surface area contributed by atoms with Crippen LogP contribution >= 0.6 is 0 Å². The maximum Gasteiger partial charge on any atom is 0.224 e. The average Bonchev–Trinajstić information content (AvgIpc) is 2.93. The molecule has 5 nitrogen and oxygen atoms in total. The summed E-state index contributed by atoms with van der Waals surface area (Å²) in [6, 6.07) is 0.876. The van der Waals surface area contributed by atoms with E-state index in [-0.39, 0.29) is 0 Å². The van der Waals surface area contributed by atoms with Crippen molar-refractivity contribution >= 4 is 5.91 Å². The van der Waals surface area contributed by atoms with E-state index in [1.165, 1.54) is 12.8 Å². The summed E-state index contributed by atoms with van der Waals surface area (Å²) in [6.07, 6.45) is 8.32. The quantitative estimate of drug-likeness (QED) is 0.822.